The Bertz CT molecular complexity index is 337. The van der Waals surface area contributed by atoms with Crippen LogP contribution in [0.3, 0.4) is 0 Å². The van der Waals surface area contributed by atoms with Gasteiger partial charge in [0.1, 0.15) is 0 Å². The van der Waals surface area contributed by atoms with Crippen LogP contribution < -0.4 is 0 Å². The number of thiophene rings is 1. The van der Waals surface area contributed by atoms with E-state index in [0.29, 0.717) is 11.5 Å². The van der Waals surface area contributed by atoms with Gasteiger partial charge < -0.3 is 0 Å². The summed E-state index contributed by atoms with van der Waals surface area (Å²) < 4.78 is 0. The lowest BCUT2D eigenvalue weighted by Crippen LogP contribution is -2.04. The molecule has 1 aliphatic rings. The topological polar surface area (TPSA) is 17.1 Å². The first-order chi connectivity index (χ1) is 7.25. The number of Topliss-reactive ketones (excluding diaryl/α,β-unsaturated/α-hetero) is 1. The number of aryl methyl sites for hydroxylation is 1. The van der Waals surface area contributed by atoms with Crippen LogP contribution in [0.15, 0.2) is 12.1 Å². The number of rotatable bonds is 4. The molecule has 0 radical (unpaired) electrons. The van der Waals surface area contributed by atoms with Crippen LogP contribution in [0, 0.1) is 6.92 Å². The lowest BCUT2D eigenvalue weighted by Gasteiger charge is -2.06. The van der Waals surface area contributed by atoms with Gasteiger partial charge in [-0.2, -0.15) is 11.8 Å². The van der Waals surface area contributed by atoms with Crippen LogP contribution in [0.5, 0.6) is 0 Å². The summed E-state index contributed by atoms with van der Waals surface area (Å²) in [6, 6.07) is 3.98. The molecule has 82 valence electrons. The third-order valence-electron chi connectivity index (χ3n) is 2.77. The molecule has 15 heavy (non-hydrogen) atoms. The van der Waals surface area contributed by atoms with E-state index in [1.807, 2.05) is 30.8 Å². The van der Waals surface area contributed by atoms with E-state index >= 15 is 0 Å². The maximum atomic E-state index is 11.8. The highest BCUT2D eigenvalue weighted by atomic mass is 32.2. The van der Waals surface area contributed by atoms with Gasteiger partial charge in [-0.05, 0) is 31.9 Å². The van der Waals surface area contributed by atoms with Crippen molar-refractivity contribution in [2.75, 3.05) is 5.75 Å². The lowest BCUT2D eigenvalue weighted by molar-refractivity contribution is 0.102. The Morgan fingerprint density at radius 2 is 2.20 bits per heavy atom. The molecule has 1 aliphatic carbocycles. The van der Waals surface area contributed by atoms with E-state index in [0.717, 1.165) is 10.1 Å². The second kappa shape index (κ2) is 5.17. The van der Waals surface area contributed by atoms with E-state index in [9.17, 15) is 4.79 Å². The second-order valence-electron chi connectivity index (χ2n) is 4.05. The first-order valence-electron chi connectivity index (χ1n) is 5.47. The summed E-state index contributed by atoms with van der Waals surface area (Å²) in [5.41, 5.74) is 0. The zero-order valence-corrected chi connectivity index (χ0v) is 10.6. The highest BCUT2D eigenvalue weighted by molar-refractivity contribution is 8.00. The molecule has 0 unspecified atom stereocenters. The minimum Gasteiger partial charge on any atom is -0.292 e. The quantitative estimate of drug-likeness (QED) is 0.742. The Morgan fingerprint density at radius 3 is 2.80 bits per heavy atom. The highest BCUT2D eigenvalue weighted by Crippen LogP contribution is 2.30. The average molecular weight is 240 g/mol. The Balaban J connectivity index is 1.81. The van der Waals surface area contributed by atoms with E-state index in [-0.39, 0.29) is 0 Å². The highest BCUT2D eigenvalue weighted by Gasteiger charge is 2.17. The van der Waals surface area contributed by atoms with Gasteiger partial charge in [-0.3, -0.25) is 4.79 Å². The van der Waals surface area contributed by atoms with Gasteiger partial charge in [-0.1, -0.05) is 12.8 Å². The van der Waals surface area contributed by atoms with Crippen LogP contribution in [-0.2, 0) is 0 Å². The standard InChI is InChI=1S/C12H16OS2/c1-9-6-7-12(15-9)11(13)8-14-10-4-2-3-5-10/h6-7,10H,2-5,8H2,1H3. The molecule has 0 saturated heterocycles. The van der Waals surface area contributed by atoms with Gasteiger partial charge in [-0.25, -0.2) is 0 Å². The number of ketones is 1. The van der Waals surface area contributed by atoms with Crippen LogP contribution in [-0.4, -0.2) is 16.8 Å². The molecule has 2 rings (SSSR count). The summed E-state index contributed by atoms with van der Waals surface area (Å²) in [7, 11) is 0. The summed E-state index contributed by atoms with van der Waals surface area (Å²) in [4.78, 5) is 14.0. The van der Waals surface area contributed by atoms with Gasteiger partial charge >= 0.3 is 0 Å². The van der Waals surface area contributed by atoms with Crippen molar-refractivity contribution in [2.45, 2.75) is 37.9 Å². The molecule has 3 heteroatoms. The molecule has 0 amide bonds. The van der Waals surface area contributed by atoms with Crippen molar-refractivity contribution in [1.82, 2.24) is 0 Å². The molecule has 1 aromatic rings. The van der Waals surface area contributed by atoms with Crippen molar-refractivity contribution in [2.24, 2.45) is 0 Å². The van der Waals surface area contributed by atoms with Crippen molar-refractivity contribution < 1.29 is 4.79 Å². The monoisotopic (exact) mass is 240 g/mol. The molecular weight excluding hydrogens is 224 g/mol. The molecule has 0 bridgehead atoms. The lowest BCUT2D eigenvalue weighted by atomic mass is 10.3. The molecule has 0 N–H and O–H groups in total. The Morgan fingerprint density at radius 1 is 1.47 bits per heavy atom. The number of hydrogen-bond donors (Lipinski definition) is 0. The van der Waals surface area contributed by atoms with Crippen molar-refractivity contribution in [3.63, 3.8) is 0 Å². The fourth-order valence-corrected chi connectivity index (χ4v) is 4.01. The third kappa shape index (κ3) is 3.08. The van der Waals surface area contributed by atoms with Crippen molar-refractivity contribution in [3.8, 4) is 0 Å². The minimum absolute atomic E-state index is 0.310. The molecule has 0 spiro atoms. The molecule has 0 atom stereocenters. The van der Waals surface area contributed by atoms with Gasteiger partial charge in [0.05, 0.1) is 10.6 Å². The molecule has 1 aromatic heterocycles. The van der Waals surface area contributed by atoms with Crippen LogP contribution in [0.4, 0.5) is 0 Å². The zero-order valence-electron chi connectivity index (χ0n) is 8.99. The molecule has 0 aliphatic heterocycles. The molecule has 0 aromatic carbocycles. The van der Waals surface area contributed by atoms with E-state index in [2.05, 4.69) is 0 Å². The van der Waals surface area contributed by atoms with Crippen LogP contribution in [0.2, 0.25) is 0 Å². The zero-order chi connectivity index (χ0) is 10.7. The smallest absolute Gasteiger partial charge is 0.182 e. The summed E-state index contributed by atoms with van der Waals surface area (Å²) in [5, 5.41) is 0.745. The number of carbonyl (C=O) groups excluding carboxylic acids is 1. The summed E-state index contributed by atoms with van der Waals surface area (Å²) in [5.74, 6) is 0.981. The molecular formula is C12H16OS2. The Labute approximate surface area is 99.3 Å². The van der Waals surface area contributed by atoms with Gasteiger partial charge in [0.25, 0.3) is 0 Å². The fraction of sp³-hybridized carbons (Fsp3) is 0.583. The Kier molecular flexibility index (Phi) is 3.87. The van der Waals surface area contributed by atoms with E-state index < -0.39 is 0 Å². The van der Waals surface area contributed by atoms with Gasteiger partial charge in [0.15, 0.2) is 5.78 Å². The first kappa shape index (κ1) is 11.2. The van der Waals surface area contributed by atoms with E-state index in [1.165, 1.54) is 30.6 Å². The van der Waals surface area contributed by atoms with E-state index in [4.69, 9.17) is 0 Å². The van der Waals surface area contributed by atoms with Crippen molar-refractivity contribution >= 4 is 28.9 Å². The third-order valence-corrected chi connectivity index (χ3v) is 5.18. The summed E-state index contributed by atoms with van der Waals surface area (Å²) >= 11 is 3.47. The normalized spacial score (nSPS) is 17.1. The van der Waals surface area contributed by atoms with Crippen molar-refractivity contribution in [1.29, 1.82) is 0 Å². The van der Waals surface area contributed by atoms with Gasteiger partial charge in [0.2, 0.25) is 0 Å². The van der Waals surface area contributed by atoms with Gasteiger partial charge in [-0.15, -0.1) is 11.3 Å². The number of hydrogen-bond acceptors (Lipinski definition) is 3. The van der Waals surface area contributed by atoms with Crippen LogP contribution >= 0.6 is 23.1 Å². The van der Waals surface area contributed by atoms with E-state index in [1.54, 1.807) is 11.3 Å². The minimum atomic E-state index is 0.310. The number of thioether (sulfide) groups is 1. The summed E-state index contributed by atoms with van der Waals surface area (Å²) in [6.07, 6.45) is 5.32. The van der Waals surface area contributed by atoms with Crippen molar-refractivity contribution in [3.05, 3.63) is 21.9 Å². The predicted molar refractivity (Wildman–Crippen MR) is 68.1 cm³/mol. The fourth-order valence-electron chi connectivity index (χ4n) is 1.90. The summed E-state index contributed by atoms with van der Waals surface area (Å²) in [6.45, 7) is 2.05. The second-order valence-corrected chi connectivity index (χ2v) is 6.63. The maximum absolute atomic E-state index is 11.8. The first-order valence-corrected chi connectivity index (χ1v) is 7.33. The average Bonchev–Trinajstić information content (AvgIpc) is 2.84. The van der Waals surface area contributed by atoms with Crippen LogP contribution in [0.1, 0.15) is 40.2 Å². The Hall–Kier alpha value is -0.280. The largest absolute Gasteiger partial charge is 0.292 e. The van der Waals surface area contributed by atoms with Gasteiger partial charge in [0, 0.05) is 10.1 Å². The molecule has 1 nitrogen and oxygen atoms in total. The maximum Gasteiger partial charge on any atom is 0.182 e. The molecule has 1 fully saturated rings. The van der Waals surface area contributed by atoms with Crippen LogP contribution in [0.25, 0.3) is 0 Å². The predicted octanol–water partition coefficient (Wildman–Crippen LogP) is 3.92. The molecule has 1 heterocycles. The molecule has 1 saturated carbocycles. The number of carbonyl (C=O) groups is 1. The SMILES string of the molecule is Cc1ccc(C(=O)CSC2CCCC2)s1.